The van der Waals surface area contributed by atoms with E-state index in [1.807, 2.05) is 23.0 Å². The van der Waals surface area contributed by atoms with Crippen molar-refractivity contribution in [3.63, 3.8) is 0 Å². The number of pyridine rings is 1. The molecular formula is C28H33N3O7S. The van der Waals surface area contributed by atoms with E-state index in [1.54, 1.807) is 56.4 Å². The van der Waals surface area contributed by atoms with E-state index < -0.39 is 21.7 Å². The lowest BCUT2D eigenvalue weighted by Gasteiger charge is -2.20. The molecule has 4 rings (SSSR count). The monoisotopic (exact) mass is 555 g/mol. The van der Waals surface area contributed by atoms with Crippen LogP contribution in [0.15, 0.2) is 78.7 Å². The van der Waals surface area contributed by atoms with Crippen molar-refractivity contribution < 1.29 is 32.5 Å². The van der Waals surface area contributed by atoms with Crippen molar-refractivity contribution >= 4 is 21.8 Å². The number of carbonyl (C=O) groups excluding carboxylic acids is 1. The summed E-state index contributed by atoms with van der Waals surface area (Å²) in [5.41, 5.74) is 0.402. The van der Waals surface area contributed by atoms with Crippen LogP contribution >= 0.6 is 0 Å². The van der Waals surface area contributed by atoms with Crippen LogP contribution in [0.5, 0.6) is 17.4 Å². The Kier molecular flexibility index (Phi) is 8.61. The molecule has 1 fully saturated rings. The Labute approximate surface area is 228 Å². The maximum Gasteiger partial charge on any atom is 0.326 e. The van der Waals surface area contributed by atoms with Gasteiger partial charge in [0.25, 0.3) is 5.91 Å². The quantitative estimate of drug-likeness (QED) is 0.478. The van der Waals surface area contributed by atoms with Gasteiger partial charge in [-0.15, -0.1) is 0 Å². The van der Waals surface area contributed by atoms with Gasteiger partial charge in [0.15, 0.2) is 0 Å². The zero-order valence-corrected chi connectivity index (χ0v) is 22.8. The van der Waals surface area contributed by atoms with Gasteiger partial charge >= 0.3 is 10.2 Å². The smallest absolute Gasteiger partial charge is 0.326 e. The highest BCUT2D eigenvalue weighted by Gasteiger charge is 2.33. The molecule has 1 aromatic heterocycles. The largest absolute Gasteiger partial charge is 0.490 e. The maximum absolute atomic E-state index is 12.0. The molecule has 0 radical (unpaired) electrons. The molecule has 10 nitrogen and oxygen atoms in total. The first-order chi connectivity index (χ1) is 18.5. The van der Waals surface area contributed by atoms with Crippen LogP contribution in [0.2, 0.25) is 0 Å². The molecule has 2 N–H and O–H groups in total. The highest BCUT2D eigenvalue weighted by Crippen LogP contribution is 2.28. The number of ether oxygens (including phenoxy) is 3. The summed E-state index contributed by atoms with van der Waals surface area (Å²) in [5.74, 6) is 1.66. The summed E-state index contributed by atoms with van der Waals surface area (Å²) < 4.78 is 44.9. The number of carbonyl (C=O) groups is 1. The average molecular weight is 556 g/mol. The molecule has 0 saturated carbocycles. The normalized spacial score (nSPS) is 21.6. The summed E-state index contributed by atoms with van der Waals surface area (Å²) in [7, 11) is -3.85. The summed E-state index contributed by atoms with van der Waals surface area (Å²) in [4.78, 5) is 15.8. The molecule has 2 heterocycles. The average Bonchev–Trinajstić information content (AvgIpc) is 3.19. The zero-order valence-electron chi connectivity index (χ0n) is 22.0. The predicted molar refractivity (Wildman–Crippen MR) is 147 cm³/mol. The molecular weight excluding hydrogens is 522 g/mol. The Bertz CT molecular complexity index is 1350. The van der Waals surface area contributed by atoms with Gasteiger partial charge in [0.2, 0.25) is 5.88 Å². The van der Waals surface area contributed by atoms with Crippen molar-refractivity contribution in [2.75, 3.05) is 17.5 Å². The molecule has 11 heteroatoms. The van der Waals surface area contributed by atoms with Crippen molar-refractivity contribution in [2.45, 2.75) is 51.2 Å². The van der Waals surface area contributed by atoms with Gasteiger partial charge < -0.3 is 19.3 Å². The Morgan fingerprint density at radius 2 is 1.92 bits per heavy atom. The highest BCUT2D eigenvalue weighted by molar-refractivity contribution is 7.92. The van der Waals surface area contributed by atoms with Gasteiger partial charge in [0.05, 0.1) is 24.1 Å². The summed E-state index contributed by atoms with van der Waals surface area (Å²) in [6.07, 6.45) is 9.69. The number of aliphatic hydroxyl groups is 1. The van der Waals surface area contributed by atoms with Gasteiger partial charge in [-0.2, -0.15) is 8.42 Å². The van der Waals surface area contributed by atoms with Crippen molar-refractivity contribution in [3.8, 4) is 17.4 Å². The number of rotatable bonds is 9. The lowest BCUT2D eigenvalue weighted by molar-refractivity contribution is -0.117. The molecule has 2 aromatic rings. The van der Waals surface area contributed by atoms with E-state index in [0.717, 1.165) is 9.88 Å². The summed E-state index contributed by atoms with van der Waals surface area (Å²) in [6, 6.07) is 10.1. The lowest BCUT2D eigenvalue weighted by Crippen LogP contribution is -2.29. The molecule has 1 aromatic carbocycles. The molecule has 208 valence electrons. The second-order valence-corrected chi connectivity index (χ2v) is 11.5. The number of benzene rings is 1. The van der Waals surface area contributed by atoms with Gasteiger partial charge in [0.1, 0.15) is 29.9 Å². The van der Waals surface area contributed by atoms with E-state index in [2.05, 4.69) is 11.6 Å². The van der Waals surface area contributed by atoms with Crippen molar-refractivity contribution in [3.05, 3.63) is 78.7 Å². The molecule has 1 aliphatic carbocycles. The number of aromatic nitrogens is 1. The molecule has 1 atom stereocenters. The van der Waals surface area contributed by atoms with E-state index in [1.165, 1.54) is 0 Å². The standard InChI is InChI=1S/C28H33N3O7S/c1-20-8-11-22(37-23-12-9-21(10-13-23)31-19-26(32)30-39(31,34)35)6-4-5-7-25(20)38-24-14-15-27(29-18-24)36-17-16-28(2,3)33/h4-5,7,9-10,12-15,18,22,33H,1,6,8,11,16-17,19H2,2-3H3,(H,30,32)/b5-4-,25-7+/t22-/m0/s1. The Balaban J connectivity index is 1.30. The predicted octanol–water partition coefficient (Wildman–Crippen LogP) is 3.81. The molecule has 0 bridgehead atoms. The molecule has 1 aliphatic heterocycles. The second kappa shape index (κ2) is 11.9. The Morgan fingerprint density at radius 3 is 2.56 bits per heavy atom. The maximum atomic E-state index is 12.0. The summed E-state index contributed by atoms with van der Waals surface area (Å²) >= 11 is 0. The Morgan fingerprint density at radius 1 is 1.18 bits per heavy atom. The first-order valence-corrected chi connectivity index (χ1v) is 14.1. The fraction of sp³-hybridized carbons (Fsp3) is 0.357. The number of anilines is 1. The number of amides is 1. The van der Waals surface area contributed by atoms with Gasteiger partial charge in [-0.05, 0) is 68.7 Å². The summed E-state index contributed by atoms with van der Waals surface area (Å²) in [5, 5.41) is 9.79. The zero-order chi connectivity index (χ0) is 28.0. The van der Waals surface area contributed by atoms with Crippen LogP contribution in [-0.2, 0) is 15.0 Å². The van der Waals surface area contributed by atoms with Crippen LogP contribution in [0.1, 0.15) is 39.5 Å². The van der Waals surface area contributed by atoms with E-state index >= 15 is 0 Å². The topological polar surface area (TPSA) is 127 Å². The van der Waals surface area contributed by atoms with Gasteiger partial charge in [-0.1, -0.05) is 18.7 Å². The third kappa shape index (κ3) is 8.08. The highest BCUT2D eigenvalue weighted by atomic mass is 32.2. The van der Waals surface area contributed by atoms with Crippen LogP contribution in [0.4, 0.5) is 5.69 Å². The van der Waals surface area contributed by atoms with Crippen molar-refractivity contribution in [1.82, 2.24) is 9.71 Å². The van der Waals surface area contributed by atoms with Crippen LogP contribution in [0.25, 0.3) is 0 Å². The molecule has 1 amide bonds. The number of nitrogens with zero attached hydrogens (tertiary/aromatic N) is 2. The molecule has 0 unspecified atom stereocenters. The third-order valence-electron chi connectivity index (χ3n) is 6.05. The van der Waals surface area contributed by atoms with Crippen LogP contribution in [0, 0.1) is 0 Å². The SMILES string of the molecule is C=C1CC[C@@H](Oc2ccc(N3CC(=O)NS3(=O)=O)cc2)C/C=C\C=C/1Oc1ccc(OCCC(C)(C)O)nc1. The number of nitrogens with one attached hydrogen (secondary N) is 1. The minimum Gasteiger partial charge on any atom is -0.490 e. The molecule has 1 saturated heterocycles. The minimum atomic E-state index is -3.85. The molecule has 2 aliphatic rings. The number of hydrogen-bond acceptors (Lipinski definition) is 8. The van der Waals surface area contributed by atoms with Crippen LogP contribution < -0.4 is 23.2 Å². The van der Waals surface area contributed by atoms with E-state index in [9.17, 15) is 18.3 Å². The number of allylic oxidation sites excluding steroid dienone is 3. The first kappa shape index (κ1) is 28.2. The van der Waals surface area contributed by atoms with Gasteiger partial charge in [0, 0.05) is 18.9 Å². The lowest BCUT2D eigenvalue weighted by atomic mass is 10.1. The van der Waals surface area contributed by atoms with Crippen LogP contribution in [0.3, 0.4) is 0 Å². The number of hydrogen-bond donors (Lipinski definition) is 2. The first-order valence-electron chi connectivity index (χ1n) is 12.6. The molecule has 0 spiro atoms. The minimum absolute atomic E-state index is 0.127. The van der Waals surface area contributed by atoms with E-state index in [4.69, 9.17) is 14.2 Å². The van der Waals surface area contributed by atoms with Gasteiger partial charge in [-0.3, -0.25) is 4.79 Å². The fourth-order valence-electron chi connectivity index (χ4n) is 3.90. The fourth-order valence-corrected chi connectivity index (χ4v) is 5.05. The van der Waals surface area contributed by atoms with Crippen LogP contribution in [-0.4, -0.2) is 49.3 Å². The Hall–Kier alpha value is -3.83. The molecule has 39 heavy (non-hydrogen) atoms. The third-order valence-corrected chi connectivity index (χ3v) is 7.45. The van der Waals surface area contributed by atoms with Crippen molar-refractivity contribution in [2.24, 2.45) is 0 Å². The summed E-state index contributed by atoms with van der Waals surface area (Å²) in [6.45, 7) is 7.76. The van der Waals surface area contributed by atoms with Crippen molar-refractivity contribution in [1.29, 1.82) is 0 Å². The van der Waals surface area contributed by atoms with E-state index in [0.29, 0.717) is 61.1 Å². The second-order valence-electron chi connectivity index (χ2n) is 9.95. The van der Waals surface area contributed by atoms with Gasteiger partial charge in [-0.25, -0.2) is 14.0 Å². The van der Waals surface area contributed by atoms with E-state index in [-0.39, 0.29) is 12.6 Å².